The van der Waals surface area contributed by atoms with Crippen LogP contribution >= 0.6 is 0 Å². The van der Waals surface area contributed by atoms with Gasteiger partial charge in [0.25, 0.3) is 0 Å². The van der Waals surface area contributed by atoms with E-state index in [2.05, 4.69) is 0 Å². The summed E-state index contributed by atoms with van der Waals surface area (Å²) in [5, 5.41) is 20.2. The monoisotopic (exact) mass is 293 g/mol. The fourth-order valence-corrected chi connectivity index (χ4v) is 2.53. The third-order valence-electron chi connectivity index (χ3n) is 3.58. The second-order valence-electron chi connectivity index (χ2n) is 6.48. The minimum absolute atomic E-state index is 0.0840. The Balaban J connectivity index is 1.99. The van der Waals surface area contributed by atoms with Crippen LogP contribution in [-0.2, 0) is 4.74 Å². The molecule has 1 aromatic carbocycles. The van der Waals surface area contributed by atoms with Crippen molar-refractivity contribution in [3.63, 3.8) is 0 Å². The van der Waals surface area contributed by atoms with Crippen LogP contribution in [0.5, 0.6) is 5.75 Å². The Morgan fingerprint density at radius 1 is 1.38 bits per heavy atom. The predicted molar refractivity (Wildman–Crippen MR) is 79.0 cm³/mol. The molecule has 0 spiro atoms. The number of carbonyl (C=O) groups is 1. The molecule has 0 radical (unpaired) electrons. The topological polar surface area (TPSA) is 70.0 Å². The molecule has 2 N–H and O–H groups in total. The molecule has 0 saturated carbocycles. The van der Waals surface area contributed by atoms with Crippen molar-refractivity contribution in [2.24, 2.45) is 5.92 Å². The van der Waals surface area contributed by atoms with Gasteiger partial charge in [0.15, 0.2) is 0 Å². The van der Waals surface area contributed by atoms with Crippen molar-refractivity contribution in [2.75, 3.05) is 13.1 Å². The van der Waals surface area contributed by atoms with Crippen molar-refractivity contribution in [1.82, 2.24) is 4.90 Å². The van der Waals surface area contributed by atoms with Gasteiger partial charge in [-0.25, -0.2) is 4.79 Å². The SMILES string of the molecule is CC(C)(C)OC(=O)N1CCC(C(O)c2ccccc2O)C1. The second-order valence-corrected chi connectivity index (χ2v) is 6.48. The number of hydrogen-bond acceptors (Lipinski definition) is 4. The Kier molecular flexibility index (Phi) is 4.42. The van der Waals surface area contributed by atoms with Gasteiger partial charge in [0.1, 0.15) is 11.4 Å². The fourth-order valence-electron chi connectivity index (χ4n) is 2.53. The summed E-state index contributed by atoms with van der Waals surface area (Å²) >= 11 is 0. The number of amides is 1. The molecule has 1 amide bonds. The molecule has 0 aromatic heterocycles. The maximum absolute atomic E-state index is 12.0. The van der Waals surface area contributed by atoms with Crippen molar-refractivity contribution in [3.05, 3.63) is 29.8 Å². The number of likely N-dealkylation sites (tertiary alicyclic amines) is 1. The molecule has 0 aliphatic carbocycles. The summed E-state index contributed by atoms with van der Waals surface area (Å²) in [5.74, 6) is -0.00784. The molecule has 21 heavy (non-hydrogen) atoms. The Morgan fingerprint density at radius 2 is 2.05 bits per heavy atom. The highest BCUT2D eigenvalue weighted by atomic mass is 16.6. The number of aliphatic hydroxyl groups excluding tert-OH is 1. The maximum Gasteiger partial charge on any atom is 0.410 e. The summed E-state index contributed by atoms with van der Waals surface area (Å²) in [6, 6.07) is 6.75. The van der Waals surface area contributed by atoms with Gasteiger partial charge in [0.05, 0.1) is 6.10 Å². The fraction of sp³-hybridized carbons (Fsp3) is 0.562. The number of benzene rings is 1. The molecule has 5 heteroatoms. The van der Waals surface area contributed by atoms with Gasteiger partial charge in [-0.2, -0.15) is 0 Å². The Morgan fingerprint density at radius 3 is 2.67 bits per heavy atom. The Labute approximate surface area is 125 Å². The summed E-state index contributed by atoms with van der Waals surface area (Å²) < 4.78 is 5.34. The molecular weight excluding hydrogens is 270 g/mol. The largest absolute Gasteiger partial charge is 0.508 e. The van der Waals surface area contributed by atoms with Crippen molar-refractivity contribution in [2.45, 2.75) is 38.9 Å². The zero-order valence-electron chi connectivity index (χ0n) is 12.7. The molecule has 0 bridgehead atoms. The lowest BCUT2D eigenvalue weighted by atomic mass is 9.94. The lowest BCUT2D eigenvalue weighted by molar-refractivity contribution is 0.0267. The van der Waals surface area contributed by atoms with E-state index in [1.807, 2.05) is 20.8 Å². The lowest BCUT2D eigenvalue weighted by Gasteiger charge is -2.25. The first-order valence-corrected chi connectivity index (χ1v) is 7.22. The van der Waals surface area contributed by atoms with E-state index < -0.39 is 11.7 Å². The minimum Gasteiger partial charge on any atom is -0.508 e. The van der Waals surface area contributed by atoms with Gasteiger partial charge in [-0.15, -0.1) is 0 Å². The van der Waals surface area contributed by atoms with Gasteiger partial charge in [0.2, 0.25) is 0 Å². The third kappa shape index (κ3) is 3.88. The second kappa shape index (κ2) is 5.93. The molecular formula is C16H23NO4. The van der Waals surface area contributed by atoms with Crippen molar-refractivity contribution >= 4 is 6.09 Å². The summed E-state index contributed by atoms with van der Waals surface area (Å²) in [6.45, 7) is 6.48. The molecule has 1 aliphatic rings. The highest BCUT2D eigenvalue weighted by Gasteiger charge is 2.34. The van der Waals surface area contributed by atoms with E-state index in [1.54, 1.807) is 29.2 Å². The van der Waals surface area contributed by atoms with E-state index in [0.29, 0.717) is 25.1 Å². The zero-order valence-corrected chi connectivity index (χ0v) is 12.7. The number of carbonyl (C=O) groups excluding carboxylic acids is 1. The average molecular weight is 293 g/mol. The van der Waals surface area contributed by atoms with E-state index in [4.69, 9.17) is 4.74 Å². The molecule has 1 aromatic rings. The van der Waals surface area contributed by atoms with Gasteiger partial charge < -0.3 is 19.8 Å². The van der Waals surface area contributed by atoms with Gasteiger partial charge in [0, 0.05) is 24.6 Å². The van der Waals surface area contributed by atoms with Crippen LogP contribution in [0, 0.1) is 5.92 Å². The average Bonchev–Trinajstić information content (AvgIpc) is 2.86. The number of rotatable bonds is 2. The van der Waals surface area contributed by atoms with Crippen LogP contribution in [-0.4, -0.2) is 39.9 Å². The number of para-hydroxylation sites is 1. The van der Waals surface area contributed by atoms with E-state index in [1.165, 1.54) is 0 Å². The quantitative estimate of drug-likeness (QED) is 0.879. The standard InChI is InChI=1S/C16H23NO4/c1-16(2,3)21-15(20)17-9-8-11(10-17)14(19)12-6-4-5-7-13(12)18/h4-7,11,14,18-19H,8-10H2,1-3H3. The zero-order chi connectivity index (χ0) is 15.6. The summed E-state index contributed by atoms with van der Waals surface area (Å²) in [6.07, 6.45) is -0.442. The highest BCUT2D eigenvalue weighted by Crippen LogP contribution is 2.34. The molecule has 1 fully saturated rings. The van der Waals surface area contributed by atoms with Gasteiger partial charge in [-0.3, -0.25) is 0 Å². The molecule has 5 nitrogen and oxygen atoms in total. The molecule has 2 rings (SSSR count). The van der Waals surface area contributed by atoms with E-state index >= 15 is 0 Å². The van der Waals surface area contributed by atoms with Crippen molar-refractivity contribution in [1.29, 1.82) is 0 Å². The summed E-state index contributed by atoms with van der Waals surface area (Å²) in [5.41, 5.74) is -0.0144. The molecule has 1 saturated heterocycles. The predicted octanol–water partition coefficient (Wildman–Crippen LogP) is 2.68. The molecule has 1 heterocycles. The van der Waals surface area contributed by atoms with Crippen LogP contribution in [0.25, 0.3) is 0 Å². The van der Waals surface area contributed by atoms with E-state index in [-0.39, 0.29) is 17.8 Å². The first-order chi connectivity index (χ1) is 9.78. The Hall–Kier alpha value is -1.75. The number of hydrogen-bond donors (Lipinski definition) is 2. The smallest absolute Gasteiger partial charge is 0.410 e. The van der Waals surface area contributed by atoms with E-state index in [9.17, 15) is 15.0 Å². The molecule has 2 atom stereocenters. The first kappa shape index (κ1) is 15.6. The molecule has 116 valence electrons. The minimum atomic E-state index is -0.779. The summed E-state index contributed by atoms with van der Waals surface area (Å²) in [4.78, 5) is 13.6. The Bertz CT molecular complexity index is 509. The molecule has 2 unspecified atom stereocenters. The van der Waals surface area contributed by atoms with Crippen LogP contribution in [0.4, 0.5) is 4.79 Å². The number of phenols is 1. The van der Waals surface area contributed by atoms with Gasteiger partial charge in [-0.05, 0) is 33.3 Å². The number of nitrogens with zero attached hydrogens (tertiary/aromatic N) is 1. The lowest BCUT2D eigenvalue weighted by Crippen LogP contribution is -2.35. The number of aliphatic hydroxyl groups is 1. The van der Waals surface area contributed by atoms with E-state index in [0.717, 1.165) is 0 Å². The molecule has 1 aliphatic heterocycles. The normalized spacial score (nSPS) is 20.4. The number of aromatic hydroxyl groups is 1. The number of phenolic OH excluding ortho intramolecular Hbond substituents is 1. The number of ether oxygens (including phenoxy) is 1. The summed E-state index contributed by atoms with van der Waals surface area (Å²) in [7, 11) is 0. The third-order valence-corrected chi connectivity index (χ3v) is 3.58. The van der Waals surface area contributed by atoms with Crippen molar-refractivity contribution in [3.8, 4) is 5.75 Å². The van der Waals surface area contributed by atoms with Crippen molar-refractivity contribution < 1.29 is 19.7 Å². The maximum atomic E-state index is 12.0. The van der Waals surface area contributed by atoms with Crippen LogP contribution < -0.4 is 0 Å². The van der Waals surface area contributed by atoms with Crippen LogP contribution in [0.2, 0.25) is 0 Å². The van der Waals surface area contributed by atoms with Crippen LogP contribution in [0.1, 0.15) is 38.9 Å². The van der Waals surface area contributed by atoms with Crippen LogP contribution in [0.3, 0.4) is 0 Å². The van der Waals surface area contributed by atoms with Crippen LogP contribution in [0.15, 0.2) is 24.3 Å². The first-order valence-electron chi connectivity index (χ1n) is 7.22. The van der Waals surface area contributed by atoms with Gasteiger partial charge in [-0.1, -0.05) is 18.2 Å². The van der Waals surface area contributed by atoms with Gasteiger partial charge >= 0.3 is 6.09 Å². The highest BCUT2D eigenvalue weighted by molar-refractivity contribution is 5.68.